The maximum atomic E-state index is 11.5. The van der Waals surface area contributed by atoms with Gasteiger partial charge in [0.1, 0.15) is 11.4 Å². The first-order chi connectivity index (χ1) is 9.60. The Hall–Kier alpha value is -2.31. The first-order valence-corrected chi connectivity index (χ1v) is 6.46. The normalized spacial score (nSPS) is 13.7. The molecule has 1 fully saturated rings. The van der Waals surface area contributed by atoms with Crippen LogP contribution in [0.3, 0.4) is 0 Å². The Morgan fingerprint density at radius 3 is 2.85 bits per heavy atom. The van der Waals surface area contributed by atoms with Gasteiger partial charge in [0.05, 0.1) is 18.1 Å². The molecule has 2 rings (SSSR count). The highest BCUT2D eigenvalue weighted by atomic mass is 16.6. The molecule has 0 atom stereocenters. The number of benzene rings is 1. The largest absolute Gasteiger partial charge is 0.496 e. The minimum atomic E-state index is -0.477. The number of carbonyl (C=O) groups is 1. The summed E-state index contributed by atoms with van der Waals surface area (Å²) < 4.78 is 4.96. The molecule has 1 aliphatic rings. The monoisotopic (exact) mass is 279 g/mol. The molecule has 0 aliphatic heterocycles. The molecule has 7 nitrogen and oxygen atoms in total. The summed E-state index contributed by atoms with van der Waals surface area (Å²) in [5.41, 5.74) is 0.321. The maximum Gasteiger partial charge on any atom is 0.296 e. The zero-order chi connectivity index (χ0) is 14.5. The maximum absolute atomic E-state index is 11.5. The number of hydrogen-bond donors (Lipinski definition) is 2. The van der Waals surface area contributed by atoms with E-state index in [1.54, 1.807) is 12.1 Å². The first kappa shape index (κ1) is 14.1. The molecule has 0 aromatic heterocycles. The van der Waals surface area contributed by atoms with Crippen LogP contribution in [0.5, 0.6) is 5.75 Å². The summed E-state index contributed by atoms with van der Waals surface area (Å²) in [6.07, 6.45) is 2.38. The highest BCUT2D eigenvalue weighted by Gasteiger charge is 2.23. The highest BCUT2D eigenvalue weighted by molar-refractivity contribution is 5.77. The van der Waals surface area contributed by atoms with Gasteiger partial charge in [-0.25, -0.2) is 0 Å². The summed E-state index contributed by atoms with van der Waals surface area (Å²) in [6.45, 7) is 0.353. The molecule has 1 aromatic carbocycles. The van der Waals surface area contributed by atoms with Gasteiger partial charge in [-0.05, 0) is 25.0 Å². The van der Waals surface area contributed by atoms with Crippen molar-refractivity contribution in [2.75, 3.05) is 19.0 Å². The summed E-state index contributed by atoms with van der Waals surface area (Å²) in [7, 11) is 1.45. The van der Waals surface area contributed by atoms with Crippen molar-refractivity contribution in [1.29, 1.82) is 0 Å². The molecule has 0 bridgehead atoms. The molecule has 20 heavy (non-hydrogen) atoms. The van der Waals surface area contributed by atoms with Crippen LogP contribution in [0, 0.1) is 10.1 Å². The van der Waals surface area contributed by atoms with E-state index in [-0.39, 0.29) is 11.6 Å². The zero-order valence-corrected chi connectivity index (χ0v) is 11.2. The van der Waals surface area contributed by atoms with Gasteiger partial charge < -0.3 is 15.4 Å². The SMILES string of the molecule is COc1ccc(NCCC(=O)NC2CC2)c([N+](=O)[O-])c1. The number of anilines is 1. The number of carbonyl (C=O) groups excluding carboxylic acids is 1. The van der Waals surface area contributed by atoms with Crippen molar-refractivity contribution in [3.05, 3.63) is 28.3 Å². The lowest BCUT2D eigenvalue weighted by Crippen LogP contribution is -2.27. The number of nitro groups is 1. The van der Waals surface area contributed by atoms with E-state index in [0.29, 0.717) is 30.4 Å². The molecule has 1 aromatic rings. The molecule has 1 aliphatic carbocycles. The van der Waals surface area contributed by atoms with Crippen LogP contribution in [0.1, 0.15) is 19.3 Å². The fourth-order valence-electron chi connectivity index (χ4n) is 1.78. The quantitative estimate of drug-likeness (QED) is 0.585. The van der Waals surface area contributed by atoms with Crippen LogP contribution < -0.4 is 15.4 Å². The third kappa shape index (κ3) is 3.84. The van der Waals surface area contributed by atoms with Crippen molar-refractivity contribution >= 4 is 17.3 Å². The molecule has 0 spiro atoms. The van der Waals surface area contributed by atoms with E-state index in [0.717, 1.165) is 12.8 Å². The van der Waals surface area contributed by atoms with E-state index in [1.807, 2.05) is 0 Å². The van der Waals surface area contributed by atoms with Crippen LogP contribution in [0.25, 0.3) is 0 Å². The van der Waals surface area contributed by atoms with Gasteiger partial charge in [0.25, 0.3) is 5.69 Å². The predicted molar refractivity (Wildman–Crippen MR) is 73.9 cm³/mol. The Kier molecular flexibility index (Phi) is 4.39. The average Bonchev–Trinajstić information content (AvgIpc) is 3.22. The van der Waals surface area contributed by atoms with E-state index in [4.69, 9.17) is 4.74 Å². The van der Waals surface area contributed by atoms with Crippen molar-refractivity contribution in [1.82, 2.24) is 5.32 Å². The molecule has 108 valence electrons. The van der Waals surface area contributed by atoms with Crippen LogP contribution in [-0.4, -0.2) is 30.5 Å². The van der Waals surface area contributed by atoms with Gasteiger partial charge >= 0.3 is 0 Å². The molecule has 0 unspecified atom stereocenters. The number of nitrogens with one attached hydrogen (secondary N) is 2. The van der Waals surface area contributed by atoms with Crippen molar-refractivity contribution in [3.63, 3.8) is 0 Å². The smallest absolute Gasteiger partial charge is 0.296 e. The van der Waals surface area contributed by atoms with Crippen molar-refractivity contribution < 1.29 is 14.5 Å². The fourth-order valence-corrected chi connectivity index (χ4v) is 1.78. The molecule has 1 amide bonds. The van der Waals surface area contributed by atoms with Crippen LogP contribution in [0.2, 0.25) is 0 Å². The van der Waals surface area contributed by atoms with Crippen LogP contribution in [0.15, 0.2) is 18.2 Å². The second-order valence-corrected chi connectivity index (χ2v) is 4.66. The van der Waals surface area contributed by atoms with Crippen LogP contribution in [0.4, 0.5) is 11.4 Å². The van der Waals surface area contributed by atoms with Crippen LogP contribution in [-0.2, 0) is 4.79 Å². The van der Waals surface area contributed by atoms with Crippen molar-refractivity contribution in [2.45, 2.75) is 25.3 Å². The molecule has 0 heterocycles. The molecular weight excluding hydrogens is 262 g/mol. The molecule has 2 N–H and O–H groups in total. The summed E-state index contributed by atoms with van der Waals surface area (Å²) in [4.78, 5) is 22.0. The minimum Gasteiger partial charge on any atom is -0.496 e. The molecular formula is C13H17N3O4. The summed E-state index contributed by atoms with van der Waals surface area (Å²) >= 11 is 0. The Labute approximate surface area is 116 Å². The number of methoxy groups -OCH3 is 1. The standard InChI is InChI=1S/C13H17N3O4/c1-20-10-4-5-11(12(8-10)16(18)19)14-7-6-13(17)15-9-2-3-9/h4-5,8-9,14H,2-3,6-7H2,1H3,(H,15,17). The number of amides is 1. The van der Waals surface area contributed by atoms with E-state index in [9.17, 15) is 14.9 Å². The second-order valence-electron chi connectivity index (χ2n) is 4.66. The third-order valence-corrected chi connectivity index (χ3v) is 3.01. The van der Waals surface area contributed by atoms with Gasteiger partial charge in [0.2, 0.25) is 5.91 Å². The van der Waals surface area contributed by atoms with Crippen molar-refractivity contribution in [3.8, 4) is 5.75 Å². The number of hydrogen-bond acceptors (Lipinski definition) is 5. The van der Waals surface area contributed by atoms with E-state index < -0.39 is 4.92 Å². The lowest BCUT2D eigenvalue weighted by Gasteiger charge is -2.08. The van der Waals surface area contributed by atoms with Gasteiger partial charge in [-0.3, -0.25) is 14.9 Å². The number of ether oxygens (including phenoxy) is 1. The second kappa shape index (κ2) is 6.23. The van der Waals surface area contributed by atoms with E-state index in [2.05, 4.69) is 10.6 Å². The number of nitrogens with zero attached hydrogens (tertiary/aromatic N) is 1. The summed E-state index contributed by atoms with van der Waals surface area (Å²) in [5.74, 6) is 0.393. The topological polar surface area (TPSA) is 93.5 Å². The number of nitro benzene ring substituents is 1. The number of rotatable bonds is 7. The highest BCUT2D eigenvalue weighted by Crippen LogP contribution is 2.28. The Bertz CT molecular complexity index is 514. The molecule has 0 radical (unpaired) electrons. The summed E-state index contributed by atoms with van der Waals surface area (Å²) in [5, 5.41) is 16.7. The van der Waals surface area contributed by atoms with Gasteiger partial charge in [-0.1, -0.05) is 0 Å². The molecule has 7 heteroatoms. The minimum absolute atomic E-state index is 0.0313. The molecule has 0 saturated heterocycles. The Morgan fingerprint density at radius 1 is 1.50 bits per heavy atom. The average molecular weight is 279 g/mol. The Morgan fingerprint density at radius 2 is 2.25 bits per heavy atom. The summed E-state index contributed by atoms with van der Waals surface area (Å²) in [6, 6.07) is 4.90. The predicted octanol–water partition coefficient (Wildman–Crippen LogP) is 1.68. The van der Waals surface area contributed by atoms with E-state index in [1.165, 1.54) is 13.2 Å². The van der Waals surface area contributed by atoms with Gasteiger partial charge in [-0.2, -0.15) is 0 Å². The third-order valence-electron chi connectivity index (χ3n) is 3.01. The van der Waals surface area contributed by atoms with Crippen molar-refractivity contribution in [2.24, 2.45) is 0 Å². The lowest BCUT2D eigenvalue weighted by molar-refractivity contribution is -0.384. The zero-order valence-electron chi connectivity index (χ0n) is 11.2. The first-order valence-electron chi connectivity index (χ1n) is 6.46. The van der Waals surface area contributed by atoms with Gasteiger partial charge in [-0.15, -0.1) is 0 Å². The van der Waals surface area contributed by atoms with Gasteiger partial charge in [0, 0.05) is 19.0 Å². The fraction of sp³-hybridized carbons (Fsp3) is 0.462. The Balaban J connectivity index is 1.90. The van der Waals surface area contributed by atoms with Crippen LogP contribution >= 0.6 is 0 Å². The lowest BCUT2D eigenvalue weighted by atomic mass is 10.2. The van der Waals surface area contributed by atoms with E-state index >= 15 is 0 Å². The van der Waals surface area contributed by atoms with Gasteiger partial charge in [0.15, 0.2) is 0 Å². The molecule has 1 saturated carbocycles.